The van der Waals surface area contributed by atoms with Gasteiger partial charge in [-0.05, 0) is 24.1 Å². The van der Waals surface area contributed by atoms with Crippen molar-refractivity contribution in [1.82, 2.24) is 19.9 Å². The summed E-state index contributed by atoms with van der Waals surface area (Å²) in [5.74, 6) is 1.41. The molecule has 7 nitrogen and oxygen atoms in total. The van der Waals surface area contributed by atoms with Gasteiger partial charge in [-0.1, -0.05) is 11.3 Å². The average molecular weight is 316 g/mol. The van der Waals surface area contributed by atoms with Gasteiger partial charge in [0.1, 0.15) is 0 Å². The van der Waals surface area contributed by atoms with E-state index in [1.54, 1.807) is 20.4 Å². The van der Waals surface area contributed by atoms with Crippen LogP contribution in [0.1, 0.15) is 18.0 Å². The van der Waals surface area contributed by atoms with Crippen LogP contribution in [0.4, 0.5) is 0 Å². The van der Waals surface area contributed by atoms with Crippen LogP contribution in [0.25, 0.3) is 0 Å². The van der Waals surface area contributed by atoms with E-state index in [0.29, 0.717) is 24.5 Å². The van der Waals surface area contributed by atoms with Crippen LogP contribution >= 0.6 is 0 Å². The maximum Gasteiger partial charge on any atom is 0.227 e. The number of hydrogen-bond acceptors (Lipinski definition) is 5. The molecule has 1 unspecified atom stereocenters. The summed E-state index contributed by atoms with van der Waals surface area (Å²) in [6.07, 6.45) is 4.76. The minimum absolute atomic E-state index is 0.111. The van der Waals surface area contributed by atoms with Gasteiger partial charge in [-0.3, -0.25) is 4.79 Å². The van der Waals surface area contributed by atoms with Crippen LogP contribution in [0.3, 0.4) is 0 Å². The monoisotopic (exact) mass is 316 g/mol. The Bertz CT molecular complexity index is 672. The molecule has 1 aliphatic heterocycles. The molecule has 0 N–H and O–H groups in total. The largest absolute Gasteiger partial charge is 0.493 e. The lowest BCUT2D eigenvalue weighted by Crippen LogP contribution is -2.30. The molecule has 3 rings (SSSR count). The van der Waals surface area contributed by atoms with E-state index in [2.05, 4.69) is 10.3 Å². The molecule has 1 atom stereocenters. The van der Waals surface area contributed by atoms with Crippen LogP contribution in [0.5, 0.6) is 11.5 Å². The first-order chi connectivity index (χ1) is 11.2. The summed E-state index contributed by atoms with van der Waals surface area (Å²) < 4.78 is 12.3. The number of carbonyl (C=O) groups is 1. The molecule has 0 aliphatic carbocycles. The highest BCUT2D eigenvalue weighted by Crippen LogP contribution is 2.28. The molecule has 1 saturated heterocycles. The molecule has 0 radical (unpaired) electrons. The van der Waals surface area contributed by atoms with Crippen molar-refractivity contribution < 1.29 is 14.3 Å². The number of hydrogen-bond donors (Lipinski definition) is 0. The average Bonchev–Trinajstić information content (AvgIpc) is 3.25. The Hall–Kier alpha value is -2.57. The first-order valence-corrected chi connectivity index (χ1v) is 7.55. The number of amides is 1. The third-order valence-corrected chi connectivity index (χ3v) is 4.13. The third-order valence-electron chi connectivity index (χ3n) is 4.13. The van der Waals surface area contributed by atoms with Gasteiger partial charge in [0.2, 0.25) is 5.91 Å². The van der Waals surface area contributed by atoms with Crippen molar-refractivity contribution >= 4 is 5.91 Å². The molecule has 0 spiro atoms. The van der Waals surface area contributed by atoms with Crippen LogP contribution in [-0.4, -0.2) is 53.1 Å². The molecule has 1 amide bonds. The molecule has 0 saturated carbocycles. The second-order valence-electron chi connectivity index (χ2n) is 5.53. The van der Waals surface area contributed by atoms with E-state index in [4.69, 9.17) is 9.47 Å². The number of aromatic nitrogens is 3. The second-order valence-corrected chi connectivity index (χ2v) is 5.53. The minimum Gasteiger partial charge on any atom is -0.493 e. The zero-order valence-corrected chi connectivity index (χ0v) is 13.3. The maximum absolute atomic E-state index is 12.5. The van der Waals surface area contributed by atoms with Crippen molar-refractivity contribution in [3.8, 4) is 11.5 Å². The Kier molecular flexibility index (Phi) is 4.45. The lowest BCUT2D eigenvalue weighted by molar-refractivity contribution is -0.129. The molecular weight excluding hydrogens is 296 g/mol. The first-order valence-electron chi connectivity index (χ1n) is 7.55. The lowest BCUT2D eigenvalue weighted by Gasteiger charge is -2.17. The number of ether oxygens (including phenoxy) is 2. The lowest BCUT2D eigenvalue weighted by atomic mass is 10.1. The molecule has 2 aromatic rings. The van der Waals surface area contributed by atoms with Crippen molar-refractivity contribution in [3.63, 3.8) is 0 Å². The molecular formula is C16H20N4O3. The summed E-state index contributed by atoms with van der Waals surface area (Å²) in [7, 11) is 3.18. The summed E-state index contributed by atoms with van der Waals surface area (Å²) in [4.78, 5) is 14.4. The summed E-state index contributed by atoms with van der Waals surface area (Å²) in [6, 6.07) is 5.78. The van der Waals surface area contributed by atoms with Crippen LogP contribution in [0, 0.1) is 0 Å². The number of methoxy groups -OCH3 is 2. The summed E-state index contributed by atoms with van der Waals surface area (Å²) in [5, 5.41) is 7.84. The van der Waals surface area contributed by atoms with Crippen molar-refractivity contribution in [2.75, 3.05) is 27.3 Å². The van der Waals surface area contributed by atoms with Gasteiger partial charge in [0.25, 0.3) is 0 Å². The van der Waals surface area contributed by atoms with Gasteiger partial charge in [-0.2, -0.15) is 0 Å². The quantitative estimate of drug-likeness (QED) is 0.832. The van der Waals surface area contributed by atoms with E-state index < -0.39 is 0 Å². The van der Waals surface area contributed by atoms with Gasteiger partial charge in [-0.15, -0.1) is 5.10 Å². The van der Waals surface area contributed by atoms with Crippen molar-refractivity contribution in [2.24, 2.45) is 0 Å². The van der Waals surface area contributed by atoms with Gasteiger partial charge in [-0.25, -0.2) is 4.68 Å². The zero-order valence-electron chi connectivity index (χ0n) is 13.3. The fourth-order valence-electron chi connectivity index (χ4n) is 2.87. The third kappa shape index (κ3) is 3.28. The second kappa shape index (κ2) is 6.68. The number of benzene rings is 1. The van der Waals surface area contributed by atoms with Crippen LogP contribution in [0.15, 0.2) is 30.6 Å². The molecule has 1 aromatic carbocycles. The summed E-state index contributed by atoms with van der Waals surface area (Å²) in [6.45, 7) is 1.42. The molecule has 1 aromatic heterocycles. The van der Waals surface area contributed by atoms with Gasteiger partial charge >= 0.3 is 0 Å². The minimum atomic E-state index is 0.111. The molecule has 0 bridgehead atoms. The molecule has 2 heterocycles. The number of nitrogens with zero attached hydrogens (tertiary/aromatic N) is 4. The molecule has 1 fully saturated rings. The molecule has 122 valence electrons. The predicted molar refractivity (Wildman–Crippen MR) is 83.5 cm³/mol. The van der Waals surface area contributed by atoms with Crippen LogP contribution in [0.2, 0.25) is 0 Å². The van der Waals surface area contributed by atoms with Crippen molar-refractivity contribution in [3.05, 3.63) is 36.2 Å². The predicted octanol–water partition coefficient (Wildman–Crippen LogP) is 1.31. The van der Waals surface area contributed by atoms with Gasteiger partial charge < -0.3 is 14.4 Å². The Morgan fingerprint density at radius 1 is 1.30 bits per heavy atom. The van der Waals surface area contributed by atoms with Gasteiger partial charge in [0.15, 0.2) is 11.5 Å². The highest BCUT2D eigenvalue weighted by atomic mass is 16.5. The smallest absolute Gasteiger partial charge is 0.227 e. The van der Waals surface area contributed by atoms with E-state index in [-0.39, 0.29) is 11.9 Å². The van der Waals surface area contributed by atoms with Gasteiger partial charge in [0, 0.05) is 19.3 Å². The standard InChI is InChI=1S/C16H20N4O3/c1-22-14-4-3-12(9-15(14)23-2)10-16(21)19-7-5-13(11-19)20-8-6-17-18-20/h3-4,6,8-9,13H,5,7,10-11H2,1-2H3. The summed E-state index contributed by atoms with van der Waals surface area (Å²) in [5.41, 5.74) is 0.914. The Balaban J connectivity index is 1.63. The van der Waals surface area contributed by atoms with Crippen molar-refractivity contribution in [2.45, 2.75) is 18.9 Å². The summed E-state index contributed by atoms with van der Waals surface area (Å²) >= 11 is 0. The molecule has 1 aliphatic rings. The first kappa shape index (κ1) is 15.3. The van der Waals surface area contributed by atoms with E-state index in [1.807, 2.05) is 34.0 Å². The normalized spacial score (nSPS) is 17.3. The maximum atomic E-state index is 12.5. The van der Waals surface area contributed by atoms with Crippen LogP contribution < -0.4 is 9.47 Å². The topological polar surface area (TPSA) is 69.5 Å². The molecule has 7 heteroatoms. The van der Waals surface area contributed by atoms with E-state index in [0.717, 1.165) is 18.5 Å². The Morgan fingerprint density at radius 3 is 2.83 bits per heavy atom. The molecule has 23 heavy (non-hydrogen) atoms. The van der Waals surface area contributed by atoms with Crippen molar-refractivity contribution in [1.29, 1.82) is 0 Å². The number of carbonyl (C=O) groups excluding carboxylic acids is 1. The van der Waals surface area contributed by atoms with E-state index in [9.17, 15) is 4.79 Å². The fourth-order valence-corrected chi connectivity index (χ4v) is 2.87. The fraction of sp³-hybridized carbons (Fsp3) is 0.438. The number of likely N-dealkylation sites (tertiary alicyclic amines) is 1. The van der Waals surface area contributed by atoms with Crippen LogP contribution in [-0.2, 0) is 11.2 Å². The SMILES string of the molecule is COc1ccc(CC(=O)N2CCC(n3ccnn3)C2)cc1OC. The highest BCUT2D eigenvalue weighted by Gasteiger charge is 2.27. The highest BCUT2D eigenvalue weighted by molar-refractivity contribution is 5.79. The number of rotatable bonds is 5. The Labute approximate surface area is 134 Å². The van der Waals surface area contributed by atoms with Gasteiger partial charge in [0.05, 0.1) is 32.9 Å². The van der Waals surface area contributed by atoms with E-state index >= 15 is 0 Å². The van der Waals surface area contributed by atoms with E-state index in [1.165, 1.54) is 0 Å². The Morgan fingerprint density at radius 2 is 2.13 bits per heavy atom. The zero-order chi connectivity index (χ0) is 16.2.